The maximum Gasteiger partial charge on any atom is 0.317 e. The van der Waals surface area contributed by atoms with Gasteiger partial charge in [0.25, 0.3) is 0 Å². The van der Waals surface area contributed by atoms with Crippen molar-refractivity contribution in [3.63, 3.8) is 0 Å². The van der Waals surface area contributed by atoms with E-state index in [1.54, 1.807) is 12.4 Å². The number of benzene rings is 2. The molecule has 28 heavy (non-hydrogen) atoms. The minimum absolute atomic E-state index is 0.0434. The van der Waals surface area contributed by atoms with Crippen LogP contribution in [0.1, 0.15) is 17.9 Å². The second-order valence-electron chi connectivity index (χ2n) is 7.53. The number of amides is 2. The fourth-order valence-electron chi connectivity index (χ4n) is 3.98. The molecule has 1 aliphatic heterocycles. The first-order valence-corrected chi connectivity index (χ1v) is 9.84. The number of piperazine rings is 1. The number of urea groups is 1. The van der Waals surface area contributed by atoms with E-state index in [0.717, 1.165) is 25.5 Å². The lowest BCUT2D eigenvalue weighted by molar-refractivity contribution is 0.193. The molecule has 2 aromatic carbocycles. The van der Waals surface area contributed by atoms with Gasteiger partial charge in [0, 0.05) is 50.5 Å². The van der Waals surface area contributed by atoms with Gasteiger partial charge in [-0.3, -0.25) is 0 Å². The van der Waals surface area contributed by atoms with Crippen molar-refractivity contribution in [2.45, 2.75) is 18.4 Å². The summed E-state index contributed by atoms with van der Waals surface area (Å²) in [7, 11) is 0. The van der Waals surface area contributed by atoms with Crippen molar-refractivity contribution in [3.8, 4) is 0 Å². The molecule has 0 unspecified atom stereocenters. The number of hydrogen-bond donors (Lipinski definition) is 1. The first kappa shape index (κ1) is 17.0. The third-order valence-electron chi connectivity index (χ3n) is 5.70. The Balaban J connectivity index is 1.16. The fraction of sp³-hybridized carbons (Fsp3) is 0.318. The molecule has 2 amide bonds. The summed E-state index contributed by atoms with van der Waals surface area (Å²) in [5, 5.41) is 5.73. The number of anilines is 1. The minimum Gasteiger partial charge on any atom is -0.337 e. The maximum atomic E-state index is 12.6. The number of carbonyl (C=O) groups excluding carboxylic acids is 1. The number of nitrogens with zero attached hydrogens (tertiary/aromatic N) is 4. The summed E-state index contributed by atoms with van der Waals surface area (Å²) in [6, 6.07) is 17.1. The average molecular weight is 373 g/mol. The van der Waals surface area contributed by atoms with Crippen molar-refractivity contribution in [1.29, 1.82) is 0 Å². The van der Waals surface area contributed by atoms with E-state index in [1.165, 1.54) is 16.3 Å². The van der Waals surface area contributed by atoms with Gasteiger partial charge in [-0.25, -0.2) is 14.8 Å². The van der Waals surface area contributed by atoms with Crippen LogP contribution in [0.25, 0.3) is 10.8 Å². The van der Waals surface area contributed by atoms with Gasteiger partial charge in [0.05, 0.1) is 0 Å². The highest BCUT2D eigenvalue weighted by atomic mass is 16.2. The van der Waals surface area contributed by atoms with Gasteiger partial charge in [-0.15, -0.1) is 0 Å². The molecule has 6 nitrogen and oxygen atoms in total. The fourth-order valence-corrected chi connectivity index (χ4v) is 3.98. The van der Waals surface area contributed by atoms with E-state index in [9.17, 15) is 4.79 Å². The quantitative estimate of drug-likeness (QED) is 0.767. The predicted octanol–water partition coefficient (Wildman–Crippen LogP) is 3.02. The molecule has 0 spiro atoms. The third-order valence-corrected chi connectivity index (χ3v) is 5.70. The second-order valence-corrected chi connectivity index (χ2v) is 7.53. The number of carbonyl (C=O) groups is 1. The van der Waals surface area contributed by atoms with Crippen molar-refractivity contribution < 1.29 is 4.79 Å². The van der Waals surface area contributed by atoms with Gasteiger partial charge < -0.3 is 15.1 Å². The molecule has 142 valence electrons. The van der Waals surface area contributed by atoms with E-state index in [4.69, 9.17) is 0 Å². The zero-order chi connectivity index (χ0) is 18.9. The predicted molar refractivity (Wildman–Crippen MR) is 109 cm³/mol. The largest absolute Gasteiger partial charge is 0.337 e. The molecule has 6 heteroatoms. The molecule has 3 aromatic rings. The van der Waals surface area contributed by atoms with E-state index < -0.39 is 0 Å². The van der Waals surface area contributed by atoms with Gasteiger partial charge in [0.2, 0.25) is 5.95 Å². The highest BCUT2D eigenvalue weighted by Gasteiger charge is 2.40. The van der Waals surface area contributed by atoms with Crippen LogP contribution in [0.3, 0.4) is 0 Å². The summed E-state index contributed by atoms with van der Waals surface area (Å²) in [6.45, 7) is 2.90. The molecule has 2 fully saturated rings. The lowest BCUT2D eigenvalue weighted by atomic mass is 10.0. The van der Waals surface area contributed by atoms with Crippen LogP contribution in [0, 0.1) is 0 Å². The molecule has 0 radical (unpaired) electrons. The van der Waals surface area contributed by atoms with Crippen LogP contribution in [-0.4, -0.2) is 53.1 Å². The molecular weight excluding hydrogens is 350 g/mol. The van der Waals surface area contributed by atoms with E-state index in [1.807, 2.05) is 11.0 Å². The summed E-state index contributed by atoms with van der Waals surface area (Å²) in [5.74, 6) is 1.16. The lowest BCUT2D eigenvalue weighted by Gasteiger charge is -2.34. The van der Waals surface area contributed by atoms with Crippen molar-refractivity contribution in [2.24, 2.45) is 0 Å². The van der Waals surface area contributed by atoms with Gasteiger partial charge >= 0.3 is 6.03 Å². The Kier molecular flexibility index (Phi) is 4.31. The Hall–Kier alpha value is -3.15. The first-order chi connectivity index (χ1) is 13.8. The van der Waals surface area contributed by atoms with Gasteiger partial charge in [0.1, 0.15) is 0 Å². The van der Waals surface area contributed by atoms with E-state index in [-0.39, 0.29) is 12.1 Å². The Bertz CT molecular complexity index is 984. The van der Waals surface area contributed by atoms with Crippen molar-refractivity contribution in [2.75, 3.05) is 31.1 Å². The molecule has 1 aliphatic carbocycles. The molecule has 1 N–H and O–H groups in total. The van der Waals surface area contributed by atoms with Crippen LogP contribution in [0.4, 0.5) is 10.7 Å². The zero-order valence-electron chi connectivity index (χ0n) is 15.7. The first-order valence-electron chi connectivity index (χ1n) is 9.84. The number of hydrogen-bond acceptors (Lipinski definition) is 4. The normalized spacial score (nSPS) is 21.6. The van der Waals surface area contributed by atoms with E-state index in [2.05, 4.69) is 62.6 Å². The topological polar surface area (TPSA) is 61.4 Å². The van der Waals surface area contributed by atoms with Crippen LogP contribution < -0.4 is 10.2 Å². The van der Waals surface area contributed by atoms with Gasteiger partial charge in [0.15, 0.2) is 0 Å². The highest BCUT2D eigenvalue weighted by molar-refractivity contribution is 5.83. The molecule has 2 heterocycles. The molecular formula is C22H23N5O. The van der Waals surface area contributed by atoms with Gasteiger partial charge in [-0.05, 0) is 28.8 Å². The standard InChI is InChI=1S/C22H23N5O/c28-22(27-12-10-26(11-13-27)21-23-8-3-9-24-21)25-20-15-19(20)18-7-6-16-4-1-2-5-17(16)14-18/h1-9,14,19-20H,10-13,15H2,(H,25,28)/t19-,20+/m0/s1. The summed E-state index contributed by atoms with van der Waals surface area (Å²) < 4.78 is 0. The van der Waals surface area contributed by atoms with Crippen LogP contribution >= 0.6 is 0 Å². The van der Waals surface area contributed by atoms with E-state index in [0.29, 0.717) is 19.0 Å². The minimum atomic E-state index is 0.0434. The van der Waals surface area contributed by atoms with Gasteiger partial charge in [-0.1, -0.05) is 42.5 Å². The van der Waals surface area contributed by atoms with Crippen molar-refractivity contribution in [3.05, 3.63) is 66.5 Å². The maximum absolute atomic E-state index is 12.6. The SMILES string of the molecule is O=C(N[C@@H]1C[C@H]1c1ccc2ccccc2c1)N1CCN(c2ncccn2)CC1. The molecule has 0 bridgehead atoms. The van der Waals surface area contributed by atoms with Gasteiger partial charge in [-0.2, -0.15) is 0 Å². The van der Waals surface area contributed by atoms with Crippen LogP contribution in [0.5, 0.6) is 0 Å². The molecule has 1 saturated carbocycles. The number of nitrogens with one attached hydrogen (secondary N) is 1. The Labute approximate surface area is 164 Å². The Morgan fingerprint density at radius 3 is 2.46 bits per heavy atom. The molecule has 1 aromatic heterocycles. The lowest BCUT2D eigenvalue weighted by Crippen LogP contribution is -2.52. The Morgan fingerprint density at radius 2 is 1.68 bits per heavy atom. The highest BCUT2D eigenvalue weighted by Crippen LogP contribution is 2.41. The summed E-state index contributed by atoms with van der Waals surface area (Å²) >= 11 is 0. The van der Waals surface area contributed by atoms with Crippen LogP contribution in [0.15, 0.2) is 60.9 Å². The van der Waals surface area contributed by atoms with Crippen LogP contribution in [-0.2, 0) is 0 Å². The Morgan fingerprint density at radius 1 is 0.929 bits per heavy atom. The summed E-state index contributed by atoms with van der Waals surface area (Å²) in [6.07, 6.45) is 4.52. The number of aromatic nitrogens is 2. The summed E-state index contributed by atoms with van der Waals surface area (Å²) in [4.78, 5) is 25.3. The van der Waals surface area contributed by atoms with Crippen LogP contribution in [0.2, 0.25) is 0 Å². The molecule has 2 atom stereocenters. The number of fused-ring (bicyclic) bond motifs is 1. The second kappa shape index (κ2) is 7.11. The molecule has 1 saturated heterocycles. The smallest absolute Gasteiger partial charge is 0.317 e. The van der Waals surface area contributed by atoms with E-state index >= 15 is 0 Å². The number of rotatable bonds is 3. The molecule has 5 rings (SSSR count). The average Bonchev–Trinajstić information content (AvgIpc) is 3.53. The zero-order valence-corrected chi connectivity index (χ0v) is 15.7. The molecule has 2 aliphatic rings. The van der Waals surface area contributed by atoms with Crippen molar-refractivity contribution in [1.82, 2.24) is 20.2 Å². The third kappa shape index (κ3) is 3.38. The van der Waals surface area contributed by atoms with Crippen molar-refractivity contribution >= 4 is 22.8 Å². The monoisotopic (exact) mass is 373 g/mol. The summed E-state index contributed by atoms with van der Waals surface area (Å²) in [5.41, 5.74) is 1.31.